The zero-order chi connectivity index (χ0) is 6.24. The molecular formula is C5H17NSi2. The fraction of sp³-hybridized carbons (Fsp3) is 1.00. The third-order valence-corrected chi connectivity index (χ3v) is 6.74. The van der Waals surface area contributed by atoms with Crippen molar-refractivity contribution in [2.45, 2.75) is 19.1 Å². The van der Waals surface area contributed by atoms with E-state index in [1.54, 1.807) is 5.67 Å². The van der Waals surface area contributed by atoms with Gasteiger partial charge in [-0.3, -0.25) is 0 Å². The number of hydrogen-bond acceptors (Lipinski definition) is 1. The van der Waals surface area contributed by atoms with Crippen molar-refractivity contribution in [3.05, 3.63) is 0 Å². The van der Waals surface area contributed by atoms with Crippen molar-refractivity contribution < 1.29 is 0 Å². The van der Waals surface area contributed by atoms with Crippen molar-refractivity contribution in [2.24, 2.45) is 0 Å². The molecule has 0 aromatic carbocycles. The van der Waals surface area contributed by atoms with Gasteiger partial charge in [0, 0.05) is 19.0 Å². The molecule has 0 aromatic rings. The largest absolute Gasteiger partial charge is 0.320 e. The Labute approximate surface area is 56.9 Å². The number of rotatable bonds is 5. The maximum absolute atomic E-state index is 3.37. The fourth-order valence-electron chi connectivity index (χ4n) is 0.677. The zero-order valence-electron chi connectivity index (χ0n) is 6.04. The van der Waals surface area contributed by atoms with Crippen molar-refractivity contribution in [2.75, 3.05) is 12.7 Å². The predicted molar refractivity (Wildman–Crippen MR) is 46.3 cm³/mol. The molecule has 0 atom stereocenters. The molecule has 1 N–H and O–H groups in total. The highest BCUT2D eigenvalue weighted by Crippen LogP contribution is 1.70. The molecule has 0 aliphatic heterocycles. The Bertz CT molecular complexity index is 35.4. The molecule has 0 fully saturated rings. The summed E-state index contributed by atoms with van der Waals surface area (Å²) in [6.45, 7) is 5.75. The van der Waals surface area contributed by atoms with Gasteiger partial charge in [0.05, 0.1) is 0 Å². The summed E-state index contributed by atoms with van der Waals surface area (Å²) in [6, 6.07) is 0. The zero-order valence-corrected chi connectivity index (χ0v) is 8.86. The van der Waals surface area contributed by atoms with E-state index in [-0.39, 0.29) is 0 Å². The second-order valence-corrected chi connectivity index (χ2v) is 7.10. The van der Waals surface area contributed by atoms with Gasteiger partial charge in [-0.05, 0) is 12.7 Å². The van der Waals surface area contributed by atoms with Crippen LogP contribution in [0.4, 0.5) is 0 Å². The van der Waals surface area contributed by atoms with E-state index in [2.05, 4.69) is 18.8 Å². The van der Waals surface area contributed by atoms with Crippen molar-refractivity contribution in [1.82, 2.24) is 5.32 Å². The third-order valence-electron chi connectivity index (χ3n) is 1.21. The maximum Gasteiger partial charge on any atom is 0.0334 e. The first kappa shape index (κ1) is 8.39. The Morgan fingerprint density at radius 3 is 2.75 bits per heavy atom. The Kier molecular flexibility index (Phi) is 7.76. The summed E-state index contributed by atoms with van der Waals surface area (Å²) < 4.78 is 0. The predicted octanol–water partition coefficient (Wildman–Crippen LogP) is -0.685. The van der Waals surface area contributed by atoms with E-state index in [0.717, 1.165) is 6.54 Å². The van der Waals surface area contributed by atoms with E-state index in [1.807, 2.05) is 0 Å². The van der Waals surface area contributed by atoms with Gasteiger partial charge < -0.3 is 5.32 Å². The SMILES string of the molecule is CCNC[SiH2]C[SiH2]C. The molecule has 0 heterocycles. The molecule has 0 amide bonds. The highest BCUT2D eigenvalue weighted by Gasteiger charge is 1.83. The lowest BCUT2D eigenvalue weighted by atomic mass is 10.8. The van der Waals surface area contributed by atoms with E-state index in [4.69, 9.17) is 0 Å². The second-order valence-electron chi connectivity index (χ2n) is 2.06. The molecule has 0 bridgehead atoms. The molecule has 3 heteroatoms. The fourth-order valence-corrected chi connectivity index (χ4v) is 4.28. The molecule has 0 saturated carbocycles. The van der Waals surface area contributed by atoms with E-state index in [1.165, 1.54) is 6.17 Å². The molecule has 1 nitrogen and oxygen atoms in total. The molecule has 0 aliphatic rings. The summed E-state index contributed by atoms with van der Waals surface area (Å²) in [4.78, 5) is 0. The first-order chi connectivity index (χ1) is 3.91. The van der Waals surface area contributed by atoms with Crippen LogP contribution in [-0.2, 0) is 0 Å². The average molecular weight is 147 g/mol. The Hall–Kier alpha value is 0.394. The van der Waals surface area contributed by atoms with Crippen LogP contribution in [0.25, 0.3) is 0 Å². The van der Waals surface area contributed by atoms with E-state index < -0.39 is 0 Å². The van der Waals surface area contributed by atoms with Crippen LogP contribution in [-0.4, -0.2) is 31.8 Å². The lowest BCUT2D eigenvalue weighted by molar-refractivity contribution is 0.829. The normalized spacial score (nSPS) is 12.8. The lowest BCUT2D eigenvalue weighted by Crippen LogP contribution is -2.20. The van der Waals surface area contributed by atoms with Gasteiger partial charge in [-0.2, -0.15) is 0 Å². The molecule has 0 spiro atoms. The van der Waals surface area contributed by atoms with Crippen LogP contribution in [0, 0.1) is 0 Å². The van der Waals surface area contributed by atoms with E-state index in [0.29, 0.717) is 19.0 Å². The maximum atomic E-state index is 3.37. The molecular weight excluding hydrogens is 130 g/mol. The topological polar surface area (TPSA) is 12.0 Å². The summed E-state index contributed by atoms with van der Waals surface area (Å²) in [5, 5.41) is 3.37. The molecule has 0 saturated heterocycles. The summed E-state index contributed by atoms with van der Waals surface area (Å²) in [5.74, 6) is 0. The van der Waals surface area contributed by atoms with Crippen LogP contribution in [0.5, 0.6) is 0 Å². The number of hydrogen-bond donors (Lipinski definition) is 1. The van der Waals surface area contributed by atoms with Gasteiger partial charge in [-0.1, -0.05) is 19.1 Å². The van der Waals surface area contributed by atoms with Crippen LogP contribution in [0.2, 0.25) is 12.2 Å². The van der Waals surface area contributed by atoms with Gasteiger partial charge >= 0.3 is 0 Å². The molecule has 0 aliphatic carbocycles. The van der Waals surface area contributed by atoms with Crippen molar-refractivity contribution in [3.63, 3.8) is 0 Å². The summed E-state index contributed by atoms with van der Waals surface area (Å²) >= 11 is 0. The quantitative estimate of drug-likeness (QED) is 0.401. The minimum absolute atomic E-state index is 0.351. The van der Waals surface area contributed by atoms with Crippen molar-refractivity contribution in [1.29, 1.82) is 0 Å². The number of nitrogens with one attached hydrogen (secondary N) is 1. The lowest BCUT2D eigenvalue weighted by Gasteiger charge is -1.96. The van der Waals surface area contributed by atoms with Gasteiger partial charge in [0.1, 0.15) is 0 Å². The highest BCUT2D eigenvalue weighted by molar-refractivity contribution is 6.55. The Morgan fingerprint density at radius 1 is 1.50 bits per heavy atom. The minimum atomic E-state index is 0.351. The molecule has 8 heavy (non-hydrogen) atoms. The van der Waals surface area contributed by atoms with Gasteiger partial charge in [-0.25, -0.2) is 0 Å². The molecule has 0 unspecified atom stereocenters. The van der Waals surface area contributed by atoms with Crippen LogP contribution >= 0.6 is 0 Å². The van der Waals surface area contributed by atoms with Gasteiger partial charge in [0.25, 0.3) is 0 Å². The second kappa shape index (κ2) is 7.39. The van der Waals surface area contributed by atoms with Crippen molar-refractivity contribution in [3.8, 4) is 0 Å². The van der Waals surface area contributed by atoms with Gasteiger partial charge in [0.2, 0.25) is 0 Å². The van der Waals surface area contributed by atoms with Crippen LogP contribution < -0.4 is 5.32 Å². The minimum Gasteiger partial charge on any atom is -0.320 e. The van der Waals surface area contributed by atoms with E-state index in [9.17, 15) is 0 Å². The smallest absolute Gasteiger partial charge is 0.0334 e. The van der Waals surface area contributed by atoms with Crippen LogP contribution in [0.15, 0.2) is 0 Å². The Balaban J connectivity index is 2.53. The van der Waals surface area contributed by atoms with Gasteiger partial charge in [-0.15, -0.1) is 0 Å². The van der Waals surface area contributed by atoms with Crippen LogP contribution in [0.1, 0.15) is 6.92 Å². The summed E-state index contributed by atoms with van der Waals surface area (Å²) in [7, 11) is 0.759. The van der Waals surface area contributed by atoms with E-state index >= 15 is 0 Å². The summed E-state index contributed by atoms with van der Waals surface area (Å²) in [5.41, 5.74) is 1.65. The highest BCUT2D eigenvalue weighted by atomic mass is 28.3. The molecule has 0 rings (SSSR count). The molecule has 50 valence electrons. The average Bonchev–Trinajstić information content (AvgIpc) is 1.81. The monoisotopic (exact) mass is 147 g/mol. The third kappa shape index (κ3) is 6.39. The first-order valence-electron chi connectivity index (χ1n) is 3.62. The Morgan fingerprint density at radius 2 is 2.25 bits per heavy atom. The van der Waals surface area contributed by atoms with Crippen molar-refractivity contribution >= 4 is 19.0 Å². The standard InChI is InChI=1S/C5H17NSi2/c1-3-6-4-8-5-7-2/h6H,3-5,7-8H2,1-2H3. The van der Waals surface area contributed by atoms with Crippen LogP contribution in [0.3, 0.4) is 0 Å². The molecule has 0 radical (unpaired) electrons. The molecule has 0 aromatic heterocycles. The van der Waals surface area contributed by atoms with Gasteiger partial charge in [0.15, 0.2) is 0 Å². The summed E-state index contributed by atoms with van der Waals surface area (Å²) in [6.07, 6.45) is 1.37. The first-order valence-corrected chi connectivity index (χ1v) is 8.04.